The van der Waals surface area contributed by atoms with Crippen LogP contribution in [0.25, 0.3) is 0 Å². The number of ether oxygens (including phenoxy) is 1. The topological polar surface area (TPSA) is 36.5 Å². The second-order valence-electron chi connectivity index (χ2n) is 5.61. The highest BCUT2D eigenvalue weighted by atomic mass is 16.5. The zero-order valence-electron chi connectivity index (χ0n) is 10.8. The van der Waals surface area contributed by atoms with E-state index in [2.05, 4.69) is 22.5 Å². The molecule has 4 heteroatoms. The van der Waals surface area contributed by atoms with Gasteiger partial charge in [0.2, 0.25) is 0 Å². The standard InChI is InChI=1S/C13H25N3O/c1-2-13-11-3-6-17-9-12(11)15-8-10-7-14-4-5-16(10)13/h10-15H,2-9H2,1H3/t10?,11-,12?,13+/m1/s1. The first-order valence-corrected chi connectivity index (χ1v) is 7.17. The molecule has 0 saturated carbocycles. The number of nitrogens with zero attached hydrogens (tertiary/aromatic N) is 1. The molecule has 4 atom stereocenters. The smallest absolute Gasteiger partial charge is 0.0622 e. The van der Waals surface area contributed by atoms with Crippen molar-refractivity contribution in [1.29, 1.82) is 0 Å². The Morgan fingerprint density at radius 3 is 3.18 bits per heavy atom. The number of piperazine rings is 1. The molecule has 0 aromatic rings. The molecule has 3 saturated heterocycles. The van der Waals surface area contributed by atoms with Crippen LogP contribution >= 0.6 is 0 Å². The third-order valence-corrected chi connectivity index (χ3v) is 4.76. The van der Waals surface area contributed by atoms with Gasteiger partial charge in [0, 0.05) is 50.9 Å². The van der Waals surface area contributed by atoms with Crippen molar-refractivity contribution in [2.24, 2.45) is 5.92 Å². The maximum atomic E-state index is 5.64. The number of nitrogens with one attached hydrogen (secondary N) is 2. The fraction of sp³-hybridized carbons (Fsp3) is 1.00. The Labute approximate surface area is 104 Å². The van der Waals surface area contributed by atoms with Gasteiger partial charge in [-0.05, 0) is 18.8 Å². The molecule has 2 N–H and O–H groups in total. The Kier molecular flexibility index (Phi) is 3.66. The summed E-state index contributed by atoms with van der Waals surface area (Å²) in [6.45, 7) is 8.85. The summed E-state index contributed by atoms with van der Waals surface area (Å²) in [7, 11) is 0. The zero-order valence-corrected chi connectivity index (χ0v) is 10.8. The van der Waals surface area contributed by atoms with Crippen molar-refractivity contribution in [3.05, 3.63) is 0 Å². The minimum atomic E-state index is 0.583. The quantitative estimate of drug-likeness (QED) is 0.678. The molecule has 2 unspecified atom stereocenters. The van der Waals surface area contributed by atoms with Crippen LogP contribution in [-0.4, -0.2) is 62.4 Å². The second kappa shape index (κ2) is 5.22. The molecule has 17 heavy (non-hydrogen) atoms. The molecule has 0 spiro atoms. The van der Waals surface area contributed by atoms with Gasteiger partial charge in [-0.2, -0.15) is 0 Å². The van der Waals surface area contributed by atoms with Crippen molar-refractivity contribution in [3.8, 4) is 0 Å². The van der Waals surface area contributed by atoms with Gasteiger partial charge in [-0.15, -0.1) is 0 Å². The van der Waals surface area contributed by atoms with Gasteiger partial charge in [0.25, 0.3) is 0 Å². The first-order chi connectivity index (χ1) is 8.40. The predicted molar refractivity (Wildman–Crippen MR) is 68.2 cm³/mol. The van der Waals surface area contributed by atoms with E-state index in [4.69, 9.17) is 4.74 Å². The lowest BCUT2D eigenvalue weighted by Gasteiger charge is -2.43. The lowest BCUT2D eigenvalue weighted by atomic mass is 9.85. The van der Waals surface area contributed by atoms with Gasteiger partial charge in [-0.3, -0.25) is 4.90 Å². The normalized spacial score (nSPS) is 43.6. The third kappa shape index (κ3) is 2.24. The van der Waals surface area contributed by atoms with Crippen LogP contribution in [-0.2, 0) is 4.74 Å². The van der Waals surface area contributed by atoms with E-state index in [1.54, 1.807) is 0 Å². The van der Waals surface area contributed by atoms with Crippen molar-refractivity contribution in [3.63, 3.8) is 0 Å². The highest BCUT2D eigenvalue weighted by Crippen LogP contribution is 2.29. The van der Waals surface area contributed by atoms with Crippen molar-refractivity contribution in [2.45, 2.75) is 37.9 Å². The molecule has 0 radical (unpaired) electrons. The predicted octanol–water partition coefficient (Wildman–Crippen LogP) is 0.0471. The van der Waals surface area contributed by atoms with Crippen LogP contribution in [0.3, 0.4) is 0 Å². The van der Waals surface area contributed by atoms with E-state index in [1.165, 1.54) is 19.4 Å². The summed E-state index contributed by atoms with van der Waals surface area (Å²) in [6.07, 6.45) is 2.51. The van der Waals surface area contributed by atoms with E-state index in [-0.39, 0.29) is 0 Å². The molecule has 0 aliphatic carbocycles. The van der Waals surface area contributed by atoms with Gasteiger partial charge in [-0.25, -0.2) is 0 Å². The minimum absolute atomic E-state index is 0.583. The summed E-state index contributed by atoms with van der Waals surface area (Å²) in [4.78, 5) is 2.76. The van der Waals surface area contributed by atoms with Crippen LogP contribution in [0, 0.1) is 5.92 Å². The van der Waals surface area contributed by atoms with Crippen LogP contribution in [0.4, 0.5) is 0 Å². The van der Waals surface area contributed by atoms with Crippen molar-refractivity contribution >= 4 is 0 Å². The first kappa shape index (κ1) is 11.9. The molecule has 3 aliphatic heterocycles. The van der Waals surface area contributed by atoms with Gasteiger partial charge in [0.15, 0.2) is 0 Å². The van der Waals surface area contributed by atoms with Crippen LogP contribution in [0.1, 0.15) is 19.8 Å². The molecule has 0 bridgehead atoms. The van der Waals surface area contributed by atoms with Gasteiger partial charge in [0.05, 0.1) is 6.61 Å². The van der Waals surface area contributed by atoms with E-state index in [0.717, 1.165) is 44.8 Å². The Morgan fingerprint density at radius 2 is 2.29 bits per heavy atom. The maximum absolute atomic E-state index is 5.64. The van der Waals surface area contributed by atoms with E-state index in [9.17, 15) is 0 Å². The van der Waals surface area contributed by atoms with Gasteiger partial charge < -0.3 is 15.4 Å². The Morgan fingerprint density at radius 1 is 1.35 bits per heavy atom. The summed E-state index contributed by atoms with van der Waals surface area (Å²) >= 11 is 0. The average Bonchev–Trinajstić information content (AvgIpc) is 2.55. The Balaban J connectivity index is 1.81. The van der Waals surface area contributed by atoms with E-state index in [0.29, 0.717) is 12.1 Å². The lowest BCUT2D eigenvalue weighted by Crippen LogP contribution is -2.57. The number of hydrogen-bond donors (Lipinski definition) is 2. The van der Waals surface area contributed by atoms with Gasteiger partial charge in [-0.1, -0.05) is 6.92 Å². The Hall–Kier alpha value is -0.160. The molecule has 98 valence electrons. The maximum Gasteiger partial charge on any atom is 0.0622 e. The lowest BCUT2D eigenvalue weighted by molar-refractivity contribution is 0.00363. The van der Waals surface area contributed by atoms with Crippen LogP contribution < -0.4 is 10.6 Å². The molecule has 0 aromatic carbocycles. The second-order valence-corrected chi connectivity index (χ2v) is 5.61. The van der Waals surface area contributed by atoms with E-state index < -0.39 is 0 Å². The number of rotatable bonds is 1. The van der Waals surface area contributed by atoms with Crippen LogP contribution in [0.15, 0.2) is 0 Å². The average molecular weight is 239 g/mol. The molecule has 3 heterocycles. The van der Waals surface area contributed by atoms with Crippen molar-refractivity contribution < 1.29 is 4.74 Å². The minimum Gasteiger partial charge on any atom is -0.380 e. The fourth-order valence-electron chi connectivity index (χ4n) is 3.90. The van der Waals surface area contributed by atoms with Gasteiger partial charge >= 0.3 is 0 Å². The van der Waals surface area contributed by atoms with E-state index in [1.807, 2.05) is 0 Å². The molecule has 3 fully saturated rings. The van der Waals surface area contributed by atoms with Crippen LogP contribution in [0.2, 0.25) is 0 Å². The number of hydrogen-bond acceptors (Lipinski definition) is 4. The largest absolute Gasteiger partial charge is 0.380 e. The summed E-state index contributed by atoms with van der Waals surface area (Å²) in [5.74, 6) is 0.789. The molecular formula is C13H25N3O. The van der Waals surface area contributed by atoms with Crippen LogP contribution in [0.5, 0.6) is 0 Å². The fourth-order valence-corrected chi connectivity index (χ4v) is 3.90. The molecule has 4 nitrogen and oxygen atoms in total. The monoisotopic (exact) mass is 239 g/mol. The van der Waals surface area contributed by atoms with Crippen molar-refractivity contribution in [2.75, 3.05) is 39.4 Å². The molecule has 0 amide bonds. The van der Waals surface area contributed by atoms with Crippen molar-refractivity contribution in [1.82, 2.24) is 15.5 Å². The summed E-state index contributed by atoms with van der Waals surface area (Å²) < 4.78 is 5.64. The first-order valence-electron chi connectivity index (χ1n) is 7.17. The molecule has 0 aromatic heterocycles. The van der Waals surface area contributed by atoms with E-state index >= 15 is 0 Å². The van der Waals surface area contributed by atoms with Gasteiger partial charge in [0.1, 0.15) is 0 Å². The summed E-state index contributed by atoms with van der Waals surface area (Å²) in [5, 5.41) is 7.27. The highest BCUT2D eigenvalue weighted by Gasteiger charge is 2.40. The third-order valence-electron chi connectivity index (χ3n) is 4.76. The zero-order chi connectivity index (χ0) is 11.7. The Bertz CT molecular complexity index is 237. The molecule has 3 aliphatic rings. The summed E-state index contributed by atoms with van der Waals surface area (Å²) in [5.41, 5.74) is 0. The molecule has 3 rings (SSSR count). The number of fused-ring (bicyclic) bond motifs is 2. The SMILES string of the molecule is CC[C@H]1[C@@H]2CCOCC2NCC2CNCCN21. The highest BCUT2D eigenvalue weighted by molar-refractivity contribution is 4.97. The summed E-state index contributed by atoms with van der Waals surface area (Å²) in [6, 6.07) is 2.02. The molecular weight excluding hydrogens is 214 g/mol.